The van der Waals surface area contributed by atoms with Crippen molar-refractivity contribution >= 4 is 34.6 Å². The predicted molar refractivity (Wildman–Crippen MR) is 77.4 cm³/mol. The van der Waals surface area contributed by atoms with Gasteiger partial charge in [0.05, 0.1) is 15.0 Å². The standard InChI is InChI=1S/C12H15Cl2N3O2/c1-16(8-3-2-4-15-7-8)11-5-9(13)10(14)6-12(11)17(18)19/h5-6,8,15H,2-4,7H2,1H3. The summed E-state index contributed by atoms with van der Waals surface area (Å²) in [4.78, 5) is 12.6. The van der Waals surface area contributed by atoms with Crippen molar-refractivity contribution in [1.82, 2.24) is 5.32 Å². The first-order valence-electron chi connectivity index (χ1n) is 6.07. The minimum absolute atomic E-state index is 0.0116. The van der Waals surface area contributed by atoms with E-state index in [0.717, 1.165) is 25.9 Å². The molecule has 0 amide bonds. The van der Waals surface area contributed by atoms with E-state index >= 15 is 0 Å². The predicted octanol–water partition coefficient (Wildman–Crippen LogP) is 3.09. The molecule has 1 aliphatic rings. The van der Waals surface area contributed by atoms with Gasteiger partial charge in [-0.15, -0.1) is 0 Å². The van der Waals surface area contributed by atoms with Crippen LogP contribution >= 0.6 is 23.2 Å². The Hall–Kier alpha value is -1.04. The molecule has 5 nitrogen and oxygen atoms in total. The number of anilines is 1. The normalized spacial score (nSPS) is 19.2. The lowest BCUT2D eigenvalue weighted by atomic mass is 10.1. The Morgan fingerprint density at radius 3 is 2.68 bits per heavy atom. The lowest BCUT2D eigenvalue weighted by Gasteiger charge is -2.33. The van der Waals surface area contributed by atoms with Gasteiger partial charge in [-0.05, 0) is 25.5 Å². The van der Waals surface area contributed by atoms with Crippen molar-refractivity contribution < 1.29 is 4.92 Å². The number of nitro benzene ring substituents is 1. The molecule has 2 rings (SSSR count). The number of nitro groups is 1. The van der Waals surface area contributed by atoms with Gasteiger partial charge in [0.2, 0.25) is 0 Å². The van der Waals surface area contributed by atoms with Crippen LogP contribution in [0.1, 0.15) is 12.8 Å². The second-order valence-corrected chi connectivity index (χ2v) is 5.44. The summed E-state index contributed by atoms with van der Waals surface area (Å²) in [6.07, 6.45) is 2.06. The smallest absolute Gasteiger partial charge is 0.294 e. The third-order valence-electron chi connectivity index (χ3n) is 3.41. The summed E-state index contributed by atoms with van der Waals surface area (Å²) in [7, 11) is 1.85. The molecule has 7 heteroatoms. The minimum atomic E-state index is -0.426. The molecule has 0 saturated carbocycles. The van der Waals surface area contributed by atoms with Crippen LogP contribution in [-0.4, -0.2) is 31.1 Å². The molecule has 0 bridgehead atoms. The maximum absolute atomic E-state index is 11.1. The van der Waals surface area contributed by atoms with Crippen molar-refractivity contribution in [1.29, 1.82) is 0 Å². The molecule has 1 saturated heterocycles. The topological polar surface area (TPSA) is 58.4 Å². The number of hydrogen-bond donors (Lipinski definition) is 1. The van der Waals surface area contributed by atoms with E-state index in [4.69, 9.17) is 23.2 Å². The highest BCUT2D eigenvalue weighted by molar-refractivity contribution is 6.42. The highest BCUT2D eigenvalue weighted by Gasteiger charge is 2.25. The van der Waals surface area contributed by atoms with E-state index in [9.17, 15) is 10.1 Å². The van der Waals surface area contributed by atoms with E-state index in [1.807, 2.05) is 11.9 Å². The number of hydrogen-bond acceptors (Lipinski definition) is 4. The summed E-state index contributed by atoms with van der Waals surface area (Å²) in [5, 5.41) is 15.0. The Kier molecular flexibility index (Phi) is 4.50. The molecule has 104 valence electrons. The van der Waals surface area contributed by atoms with E-state index in [1.54, 1.807) is 6.07 Å². The van der Waals surface area contributed by atoms with Crippen molar-refractivity contribution in [2.24, 2.45) is 0 Å². The molecule has 1 aromatic carbocycles. The number of likely N-dealkylation sites (N-methyl/N-ethyl adjacent to an activating group) is 1. The molecule has 0 spiro atoms. The average molecular weight is 304 g/mol. The summed E-state index contributed by atoms with van der Waals surface area (Å²) < 4.78 is 0. The van der Waals surface area contributed by atoms with E-state index in [0.29, 0.717) is 10.7 Å². The highest BCUT2D eigenvalue weighted by atomic mass is 35.5. The van der Waals surface area contributed by atoms with Gasteiger partial charge >= 0.3 is 0 Å². The molecular weight excluding hydrogens is 289 g/mol. The monoisotopic (exact) mass is 303 g/mol. The molecule has 1 aromatic rings. The second-order valence-electron chi connectivity index (χ2n) is 4.62. The number of nitrogens with zero attached hydrogens (tertiary/aromatic N) is 2. The van der Waals surface area contributed by atoms with E-state index < -0.39 is 4.92 Å². The number of halogens is 2. The number of nitrogens with one attached hydrogen (secondary N) is 1. The van der Waals surface area contributed by atoms with Crippen LogP contribution in [0.25, 0.3) is 0 Å². The molecule has 1 atom stereocenters. The Morgan fingerprint density at radius 2 is 2.11 bits per heavy atom. The fourth-order valence-corrected chi connectivity index (χ4v) is 2.63. The van der Waals surface area contributed by atoms with Crippen molar-refractivity contribution in [3.63, 3.8) is 0 Å². The average Bonchev–Trinajstić information content (AvgIpc) is 2.41. The molecule has 1 fully saturated rings. The summed E-state index contributed by atoms with van der Waals surface area (Å²) >= 11 is 11.8. The van der Waals surface area contributed by atoms with Gasteiger partial charge in [-0.1, -0.05) is 23.2 Å². The Bertz CT molecular complexity index is 490. The fraction of sp³-hybridized carbons (Fsp3) is 0.500. The van der Waals surface area contributed by atoms with E-state index in [2.05, 4.69) is 5.32 Å². The summed E-state index contributed by atoms with van der Waals surface area (Å²) in [6, 6.07) is 3.10. The van der Waals surface area contributed by atoms with Gasteiger partial charge in [0.25, 0.3) is 5.69 Å². The third-order valence-corrected chi connectivity index (χ3v) is 4.13. The first kappa shape index (κ1) is 14.4. The SMILES string of the molecule is CN(c1cc(Cl)c(Cl)cc1[N+](=O)[O-])C1CCCNC1. The highest BCUT2D eigenvalue weighted by Crippen LogP contribution is 2.37. The van der Waals surface area contributed by atoms with Gasteiger partial charge in [-0.3, -0.25) is 10.1 Å². The van der Waals surface area contributed by atoms with Gasteiger partial charge in [-0.2, -0.15) is 0 Å². The van der Waals surface area contributed by atoms with Gasteiger partial charge in [0.15, 0.2) is 0 Å². The van der Waals surface area contributed by atoms with Crippen molar-refractivity contribution in [2.75, 3.05) is 25.0 Å². The van der Waals surface area contributed by atoms with Crippen molar-refractivity contribution in [3.8, 4) is 0 Å². The first-order chi connectivity index (χ1) is 9.00. The molecule has 0 radical (unpaired) electrons. The molecule has 1 heterocycles. The molecule has 0 aromatic heterocycles. The molecule has 1 unspecified atom stereocenters. The Balaban J connectivity index is 2.36. The molecule has 19 heavy (non-hydrogen) atoms. The van der Waals surface area contributed by atoms with Gasteiger partial charge in [-0.25, -0.2) is 0 Å². The Labute approximate surface area is 121 Å². The summed E-state index contributed by atoms with van der Waals surface area (Å²) in [6.45, 7) is 1.81. The van der Waals surface area contributed by atoms with Crippen molar-refractivity contribution in [3.05, 3.63) is 32.3 Å². The molecular formula is C12H15Cl2N3O2. The zero-order valence-corrected chi connectivity index (χ0v) is 12.0. The quantitative estimate of drug-likeness (QED) is 0.688. The van der Waals surface area contributed by atoms with E-state index in [-0.39, 0.29) is 16.8 Å². The molecule has 1 N–H and O–H groups in total. The summed E-state index contributed by atoms with van der Waals surface area (Å²) in [5.74, 6) is 0. The van der Waals surface area contributed by atoms with Crippen LogP contribution in [0.3, 0.4) is 0 Å². The van der Waals surface area contributed by atoms with E-state index in [1.165, 1.54) is 6.07 Å². The molecule has 0 aliphatic carbocycles. The van der Waals surface area contributed by atoms with Gasteiger partial charge < -0.3 is 10.2 Å². The van der Waals surface area contributed by atoms with Crippen LogP contribution in [0, 0.1) is 10.1 Å². The van der Waals surface area contributed by atoms with Crippen LogP contribution in [0.15, 0.2) is 12.1 Å². The van der Waals surface area contributed by atoms with Crippen LogP contribution < -0.4 is 10.2 Å². The number of piperidine rings is 1. The second kappa shape index (κ2) is 5.94. The minimum Gasteiger partial charge on any atom is -0.365 e. The van der Waals surface area contributed by atoms with Crippen LogP contribution in [-0.2, 0) is 0 Å². The Morgan fingerprint density at radius 1 is 1.42 bits per heavy atom. The lowest BCUT2D eigenvalue weighted by molar-refractivity contribution is -0.384. The zero-order valence-electron chi connectivity index (χ0n) is 10.5. The number of rotatable bonds is 3. The zero-order chi connectivity index (χ0) is 14.0. The molecule has 1 aliphatic heterocycles. The number of benzene rings is 1. The van der Waals surface area contributed by atoms with Crippen LogP contribution in [0.4, 0.5) is 11.4 Å². The lowest BCUT2D eigenvalue weighted by Crippen LogP contribution is -2.44. The summed E-state index contributed by atoms with van der Waals surface area (Å²) in [5.41, 5.74) is 0.496. The van der Waals surface area contributed by atoms with Crippen LogP contribution in [0.2, 0.25) is 10.0 Å². The van der Waals surface area contributed by atoms with Gasteiger partial charge in [0.1, 0.15) is 5.69 Å². The fourth-order valence-electron chi connectivity index (χ4n) is 2.32. The van der Waals surface area contributed by atoms with Crippen LogP contribution in [0.5, 0.6) is 0 Å². The largest absolute Gasteiger partial charge is 0.365 e. The third kappa shape index (κ3) is 3.11. The maximum Gasteiger partial charge on any atom is 0.294 e. The van der Waals surface area contributed by atoms with Gasteiger partial charge in [0, 0.05) is 25.7 Å². The van der Waals surface area contributed by atoms with Crippen molar-refractivity contribution in [2.45, 2.75) is 18.9 Å². The maximum atomic E-state index is 11.1. The first-order valence-corrected chi connectivity index (χ1v) is 6.83.